The van der Waals surface area contributed by atoms with Gasteiger partial charge in [0, 0.05) is 6.42 Å². The van der Waals surface area contributed by atoms with Crippen molar-refractivity contribution in [3.8, 4) is 11.8 Å². The molecule has 0 radical (unpaired) electrons. The van der Waals surface area contributed by atoms with E-state index in [1.165, 1.54) is 0 Å². The summed E-state index contributed by atoms with van der Waals surface area (Å²) in [5.41, 5.74) is 0. The van der Waals surface area contributed by atoms with Crippen LogP contribution in [0, 0.1) is 11.3 Å². The fraction of sp³-hybridized carbons (Fsp3) is 0.273. The van der Waals surface area contributed by atoms with Crippen LogP contribution >= 0.6 is 23.2 Å². The summed E-state index contributed by atoms with van der Waals surface area (Å²) in [6.07, 6.45) is 0.100. The molecule has 0 amide bonds. The topological polar surface area (TPSA) is 50.1 Å². The Bertz CT molecular complexity index is 426. The number of carbonyl (C=O) groups excluding carboxylic acids is 1. The first-order chi connectivity index (χ1) is 7.65. The highest BCUT2D eigenvalue weighted by molar-refractivity contribution is 6.42. The number of ether oxygens (including phenoxy) is 1. The molecule has 1 rings (SSSR count). The lowest BCUT2D eigenvalue weighted by molar-refractivity contribution is -0.118. The summed E-state index contributed by atoms with van der Waals surface area (Å²) in [6.45, 7) is 0.195. The zero-order chi connectivity index (χ0) is 12.0. The summed E-state index contributed by atoms with van der Waals surface area (Å²) in [5.74, 6) is 0.291. The average molecular weight is 258 g/mol. The highest BCUT2D eigenvalue weighted by Crippen LogP contribution is 2.31. The third-order valence-corrected chi connectivity index (χ3v) is 2.63. The second-order valence-corrected chi connectivity index (χ2v) is 3.81. The smallest absolute Gasteiger partial charge is 0.150 e. The van der Waals surface area contributed by atoms with E-state index in [0.717, 1.165) is 0 Å². The summed E-state index contributed by atoms with van der Waals surface area (Å²) < 4.78 is 5.29. The zero-order valence-electron chi connectivity index (χ0n) is 8.37. The molecule has 0 saturated heterocycles. The lowest BCUT2D eigenvalue weighted by atomic mass is 10.2. The van der Waals surface area contributed by atoms with Gasteiger partial charge in [0.1, 0.15) is 16.6 Å². The first-order valence-electron chi connectivity index (χ1n) is 4.60. The van der Waals surface area contributed by atoms with E-state index in [9.17, 15) is 4.79 Å². The monoisotopic (exact) mass is 257 g/mol. The number of nitriles is 1. The van der Waals surface area contributed by atoms with Crippen LogP contribution in [-0.2, 0) is 4.79 Å². The Morgan fingerprint density at radius 2 is 2.19 bits per heavy atom. The van der Waals surface area contributed by atoms with Crippen molar-refractivity contribution in [3.63, 3.8) is 0 Å². The largest absolute Gasteiger partial charge is 0.492 e. The quantitative estimate of drug-likeness (QED) is 0.814. The number of halogens is 2. The summed E-state index contributed by atoms with van der Waals surface area (Å²) in [4.78, 5) is 11.0. The molecule has 0 aromatic heterocycles. The van der Waals surface area contributed by atoms with Gasteiger partial charge >= 0.3 is 0 Å². The van der Waals surface area contributed by atoms with E-state index in [0.29, 0.717) is 15.8 Å². The maximum atomic E-state index is 11.0. The van der Waals surface area contributed by atoms with Crippen LogP contribution < -0.4 is 4.74 Å². The Kier molecular flexibility index (Phi) is 5.10. The molecule has 0 unspecified atom stereocenters. The predicted octanol–water partition coefficient (Wildman–Crippen LogP) is 3.25. The Hall–Kier alpha value is -1.24. The SMILES string of the molecule is N#CCC(=O)CCOc1cccc(Cl)c1Cl. The van der Waals surface area contributed by atoms with Crippen LogP contribution in [-0.4, -0.2) is 12.4 Å². The number of carbonyl (C=O) groups is 1. The third-order valence-electron chi connectivity index (χ3n) is 1.83. The van der Waals surface area contributed by atoms with Gasteiger partial charge in [0.2, 0.25) is 0 Å². The molecule has 0 atom stereocenters. The number of nitrogens with zero attached hydrogens (tertiary/aromatic N) is 1. The first-order valence-corrected chi connectivity index (χ1v) is 5.36. The van der Waals surface area contributed by atoms with Crippen molar-refractivity contribution in [2.24, 2.45) is 0 Å². The van der Waals surface area contributed by atoms with E-state index >= 15 is 0 Å². The molecule has 0 heterocycles. The van der Waals surface area contributed by atoms with Crippen LogP contribution in [0.5, 0.6) is 5.75 Å². The van der Waals surface area contributed by atoms with Crippen LogP contribution in [0.4, 0.5) is 0 Å². The molecule has 84 valence electrons. The minimum Gasteiger partial charge on any atom is -0.492 e. The van der Waals surface area contributed by atoms with Crippen LogP contribution in [0.15, 0.2) is 18.2 Å². The maximum Gasteiger partial charge on any atom is 0.150 e. The fourth-order valence-electron chi connectivity index (χ4n) is 1.05. The summed E-state index contributed by atoms with van der Waals surface area (Å²) in [7, 11) is 0. The lowest BCUT2D eigenvalue weighted by Crippen LogP contribution is -2.05. The van der Waals surface area contributed by atoms with E-state index in [1.54, 1.807) is 24.3 Å². The summed E-state index contributed by atoms with van der Waals surface area (Å²) in [6, 6.07) is 6.81. The highest BCUT2D eigenvalue weighted by Gasteiger charge is 2.06. The van der Waals surface area contributed by atoms with Crippen molar-refractivity contribution in [1.82, 2.24) is 0 Å². The van der Waals surface area contributed by atoms with E-state index in [2.05, 4.69) is 0 Å². The molecule has 3 nitrogen and oxygen atoms in total. The minimum atomic E-state index is -0.152. The first kappa shape index (κ1) is 12.8. The number of rotatable bonds is 5. The molecule has 0 aliphatic rings. The van der Waals surface area contributed by atoms with Gasteiger partial charge in [-0.1, -0.05) is 29.3 Å². The van der Waals surface area contributed by atoms with Crippen LogP contribution in [0.25, 0.3) is 0 Å². The molecule has 0 spiro atoms. The van der Waals surface area contributed by atoms with Gasteiger partial charge in [-0.2, -0.15) is 5.26 Å². The molecule has 1 aromatic rings. The third kappa shape index (κ3) is 3.73. The molecule has 0 aliphatic heterocycles. The molecular formula is C11H9Cl2NO2. The fourth-order valence-corrected chi connectivity index (χ4v) is 1.39. The number of hydrogen-bond acceptors (Lipinski definition) is 3. The Labute approximate surface area is 104 Å². The number of ketones is 1. The van der Waals surface area contributed by atoms with Gasteiger partial charge in [-0.25, -0.2) is 0 Å². The van der Waals surface area contributed by atoms with Crippen LogP contribution in [0.1, 0.15) is 12.8 Å². The van der Waals surface area contributed by atoms with Crippen molar-refractivity contribution in [1.29, 1.82) is 5.26 Å². The highest BCUT2D eigenvalue weighted by atomic mass is 35.5. The minimum absolute atomic E-state index is 0.0906. The standard InChI is InChI=1S/C11H9Cl2NO2/c12-9-2-1-3-10(11(9)13)16-7-5-8(15)4-6-14/h1-3H,4-5,7H2. The molecule has 5 heteroatoms. The number of hydrogen-bond donors (Lipinski definition) is 0. The summed E-state index contributed by atoms with van der Waals surface area (Å²) >= 11 is 11.7. The van der Waals surface area contributed by atoms with Crippen molar-refractivity contribution >= 4 is 29.0 Å². The maximum absolute atomic E-state index is 11.0. The normalized spacial score (nSPS) is 9.56. The molecule has 0 aliphatic carbocycles. The summed E-state index contributed by atoms with van der Waals surface area (Å²) in [5, 5.41) is 9.02. The molecule has 16 heavy (non-hydrogen) atoms. The number of benzene rings is 1. The zero-order valence-corrected chi connectivity index (χ0v) is 9.88. The second kappa shape index (κ2) is 6.37. The molecule has 0 saturated carbocycles. The van der Waals surface area contributed by atoms with E-state index in [4.69, 9.17) is 33.2 Å². The Balaban J connectivity index is 2.47. The van der Waals surface area contributed by atoms with Gasteiger partial charge in [0.15, 0.2) is 0 Å². The average Bonchev–Trinajstić information content (AvgIpc) is 2.25. The van der Waals surface area contributed by atoms with E-state index in [-0.39, 0.29) is 25.2 Å². The van der Waals surface area contributed by atoms with Crippen molar-refractivity contribution < 1.29 is 9.53 Å². The predicted molar refractivity (Wildman–Crippen MR) is 61.8 cm³/mol. The van der Waals surface area contributed by atoms with Gasteiger partial charge in [0.05, 0.1) is 24.1 Å². The van der Waals surface area contributed by atoms with E-state index < -0.39 is 0 Å². The van der Waals surface area contributed by atoms with Crippen molar-refractivity contribution in [2.75, 3.05) is 6.61 Å². The van der Waals surface area contributed by atoms with Crippen molar-refractivity contribution in [2.45, 2.75) is 12.8 Å². The Morgan fingerprint density at radius 3 is 2.88 bits per heavy atom. The molecule has 0 bridgehead atoms. The second-order valence-electron chi connectivity index (χ2n) is 3.02. The van der Waals surface area contributed by atoms with Gasteiger partial charge in [-0.15, -0.1) is 0 Å². The van der Waals surface area contributed by atoms with Crippen molar-refractivity contribution in [3.05, 3.63) is 28.2 Å². The lowest BCUT2D eigenvalue weighted by Gasteiger charge is -2.07. The molecule has 1 aromatic carbocycles. The molecular weight excluding hydrogens is 249 g/mol. The van der Waals surface area contributed by atoms with Crippen LogP contribution in [0.2, 0.25) is 10.0 Å². The van der Waals surface area contributed by atoms with Gasteiger partial charge < -0.3 is 4.74 Å². The van der Waals surface area contributed by atoms with Gasteiger partial charge in [0.25, 0.3) is 0 Å². The van der Waals surface area contributed by atoms with Gasteiger partial charge in [-0.3, -0.25) is 4.79 Å². The molecule has 0 fully saturated rings. The Morgan fingerprint density at radius 1 is 1.44 bits per heavy atom. The van der Waals surface area contributed by atoms with Gasteiger partial charge in [-0.05, 0) is 12.1 Å². The molecule has 0 N–H and O–H groups in total. The number of Topliss-reactive ketones (excluding diaryl/α,β-unsaturated/α-hetero) is 1. The van der Waals surface area contributed by atoms with Crippen LogP contribution in [0.3, 0.4) is 0 Å². The van der Waals surface area contributed by atoms with E-state index in [1.807, 2.05) is 0 Å².